The zero-order chi connectivity index (χ0) is 16.1. The number of nitrogens with zero attached hydrogens (tertiary/aromatic N) is 2. The Morgan fingerprint density at radius 2 is 1.50 bits per heavy atom. The highest BCUT2D eigenvalue weighted by Gasteiger charge is 2.13. The first-order valence-electron chi connectivity index (χ1n) is 8.17. The zero-order valence-electron chi connectivity index (χ0n) is 13.4. The lowest BCUT2D eigenvalue weighted by atomic mass is 10.1. The van der Waals surface area contributed by atoms with Crippen LogP contribution in [0.2, 0.25) is 0 Å². The number of benzene rings is 3. The standard InChI is InChI=1S/C22H16N2/c1-15-10-12-17(13-11-15)24-21-9-5-3-7-18(21)19-14-16-6-2-4-8-20(16)23-22(19)24/h2-14H,1H3. The molecule has 0 bridgehead atoms. The molecular weight excluding hydrogens is 292 g/mol. The quantitative estimate of drug-likeness (QED) is 0.392. The molecule has 0 N–H and O–H groups in total. The molecule has 0 aliphatic heterocycles. The molecule has 0 unspecified atom stereocenters. The summed E-state index contributed by atoms with van der Waals surface area (Å²) in [6.45, 7) is 2.11. The van der Waals surface area contributed by atoms with Crippen molar-refractivity contribution in [3.05, 3.63) is 84.4 Å². The van der Waals surface area contributed by atoms with E-state index in [9.17, 15) is 0 Å². The summed E-state index contributed by atoms with van der Waals surface area (Å²) in [6.07, 6.45) is 0. The summed E-state index contributed by atoms with van der Waals surface area (Å²) in [4.78, 5) is 4.98. The Morgan fingerprint density at radius 1 is 0.750 bits per heavy atom. The summed E-state index contributed by atoms with van der Waals surface area (Å²) in [5.41, 5.74) is 5.64. The highest BCUT2D eigenvalue weighted by Crippen LogP contribution is 2.32. The summed E-state index contributed by atoms with van der Waals surface area (Å²) < 4.78 is 2.26. The van der Waals surface area contributed by atoms with Crippen LogP contribution in [0, 0.1) is 6.92 Å². The number of para-hydroxylation sites is 2. The lowest BCUT2D eigenvalue weighted by molar-refractivity contribution is 1.14. The SMILES string of the molecule is Cc1ccc(-n2c3ccccc3c3cc4ccccc4nc32)cc1. The summed E-state index contributed by atoms with van der Waals surface area (Å²) in [7, 11) is 0. The molecule has 0 aliphatic carbocycles. The van der Waals surface area contributed by atoms with E-state index in [0.717, 1.165) is 16.9 Å². The monoisotopic (exact) mass is 308 g/mol. The summed E-state index contributed by atoms with van der Waals surface area (Å²) in [5, 5.41) is 3.62. The molecule has 0 fully saturated rings. The van der Waals surface area contributed by atoms with Crippen LogP contribution in [0.15, 0.2) is 78.9 Å². The Kier molecular flexibility index (Phi) is 2.74. The predicted molar refractivity (Wildman–Crippen MR) is 101 cm³/mol. The van der Waals surface area contributed by atoms with Gasteiger partial charge in [0, 0.05) is 21.8 Å². The molecule has 2 heterocycles. The predicted octanol–water partition coefficient (Wildman–Crippen LogP) is 5.64. The molecule has 2 aromatic heterocycles. The largest absolute Gasteiger partial charge is 0.294 e. The molecule has 0 aliphatic rings. The Hall–Kier alpha value is -3.13. The molecule has 2 heteroatoms. The molecule has 0 spiro atoms. The van der Waals surface area contributed by atoms with Crippen LogP contribution in [0.5, 0.6) is 0 Å². The van der Waals surface area contributed by atoms with Crippen molar-refractivity contribution in [2.75, 3.05) is 0 Å². The molecule has 5 aromatic rings. The topological polar surface area (TPSA) is 17.8 Å². The number of aryl methyl sites for hydroxylation is 1. The molecule has 0 radical (unpaired) electrons. The van der Waals surface area contributed by atoms with Gasteiger partial charge in [-0.2, -0.15) is 0 Å². The highest BCUT2D eigenvalue weighted by atomic mass is 15.0. The van der Waals surface area contributed by atoms with Crippen LogP contribution in [0.4, 0.5) is 0 Å². The molecule has 0 atom stereocenters. The van der Waals surface area contributed by atoms with Gasteiger partial charge in [-0.05, 0) is 37.3 Å². The van der Waals surface area contributed by atoms with Crippen molar-refractivity contribution in [2.24, 2.45) is 0 Å². The number of rotatable bonds is 1. The fourth-order valence-electron chi connectivity index (χ4n) is 3.44. The molecule has 3 aromatic carbocycles. The third-order valence-corrected chi connectivity index (χ3v) is 4.64. The van der Waals surface area contributed by atoms with Gasteiger partial charge >= 0.3 is 0 Å². The van der Waals surface area contributed by atoms with Crippen molar-refractivity contribution in [1.29, 1.82) is 0 Å². The van der Waals surface area contributed by atoms with Gasteiger partial charge in [-0.3, -0.25) is 4.57 Å². The van der Waals surface area contributed by atoms with Crippen LogP contribution in [-0.2, 0) is 0 Å². The minimum Gasteiger partial charge on any atom is -0.294 e. The number of aromatic nitrogens is 2. The molecule has 5 rings (SSSR count). The van der Waals surface area contributed by atoms with Gasteiger partial charge in [0.1, 0.15) is 5.65 Å². The smallest absolute Gasteiger partial charge is 0.146 e. The van der Waals surface area contributed by atoms with E-state index in [0.29, 0.717) is 0 Å². The minimum absolute atomic E-state index is 1.01. The van der Waals surface area contributed by atoms with Crippen molar-refractivity contribution >= 4 is 32.8 Å². The van der Waals surface area contributed by atoms with Crippen LogP contribution < -0.4 is 0 Å². The molecule has 114 valence electrons. The minimum atomic E-state index is 1.01. The number of fused-ring (bicyclic) bond motifs is 4. The lowest BCUT2D eigenvalue weighted by Gasteiger charge is -2.08. The Bertz CT molecular complexity index is 1200. The molecule has 24 heavy (non-hydrogen) atoms. The van der Waals surface area contributed by atoms with Gasteiger partial charge in [-0.25, -0.2) is 4.98 Å². The second kappa shape index (κ2) is 4.93. The van der Waals surface area contributed by atoms with E-state index < -0.39 is 0 Å². The maximum absolute atomic E-state index is 4.98. The van der Waals surface area contributed by atoms with Crippen LogP contribution in [0.1, 0.15) is 5.56 Å². The van der Waals surface area contributed by atoms with E-state index in [-0.39, 0.29) is 0 Å². The van der Waals surface area contributed by atoms with Gasteiger partial charge in [0.05, 0.1) is 11.0 Å². The van der Waals surface area contributed by atoms with Crippen LogP contribution in [0.3, 0.4) is 0 Å². The Morgan fingerprint density at radius 3 is 2.38 bits per heavy atom. The van der Waals surface area contributed by atoms with E-state index >= 15 is 0 Å². The first-order valence-corrected chi connectivity index (χ1v) is 8.17. The average Bonchev–Trinajstić information content (AvgIpc) is 2.94. The Labute approximate surface area is 140 Å². The zero-order valence-corrected chi connectivity index (χ0v) is 13.4. The summed E-state index contributed by atoms with van der Waals surface area (Å²) in [5.74, 6) is 0. The third-order valence-electron chi connectivity index (χ3n) is 4.64. The molecular formula is C22H16N2. The fourth-order valence-corrected chi connectivity index (χ4v) is 3.44. The number of hydrogen-bond donors (Lipinski definition) is 0. The summed E-state index contributed by atoms with van der Waals surface area (Å²) in [6, 6.07) is 27.7. The third kappa shape index (κ3) is 1.86. The maximum atomic E-state index is 4.98. The number of pyridine rings is 1. The molecule has 2 nitrogen and oxygen atoms in total. The first-order chi connectivity index (χ1) is 11.8. The van der Waals surface area contributed by atoms with Gasteiger partial charge in [-0.1, -0.05) is 54.1 Å². The van der Waals surface area contributed by atoms with Crippen LogP contribution in [0.25, 0.3) is 38.5 Å². The molecule has 0 saturated heterocycles. The molecule has 0 saturated carbocycles. The van der Waals surface area contributed by atoms with Crippen molar-refractivity contribution in [1.82, 2.24) is 9.55 Å². The van der Waals surface area contributed by atoms with Gasteiger partial charge in [0.25, 0.3) is 0 Å². The first kappa shape index (κ1) is 13.3. The van der Waals surface area contributed by atoms with Crippen LogP contribution in [-0.4, -0.2) is 9.55 Å². The number of hydrogen-bond acceptors (Lipinski definition) is 1. The summed E-state index contributed by atoms with van der Waals surface area (Å²) >= 11 is 0. The van der Waals surface area contributed by atoms with Crippen LogP contribution >= 0.6 is 0 Å². The van der Waals surface area contributed by atoms with Crippen molar-refractivity contribution in [3.8, 4) is 5.69 Å². The molecule has 0 amide bonds. The maximum Gasteiger partial charge on any atom is 0.146 e. The fraction of sp³-hybridized carbons (Fsp3) is 0.0455. The van der Waals surface area contributed by atoms with Gasteiger partial charge < -0.3 is 0 Å². The van der Waals surface area contributed by atoms with E-state index in [4.69, 9.17) is 4.98 Å². The highest BCUT2D eigenvalue weighted by molar-refractivity contribution is 6.11. The second-order valence-corrected chi connectivity index (χ2v) is 6.24. The van der Waals surface area contributed by atoms with Crippen molar-refractivity contribution in [2.45, 2.75) is 6.92 Å². The van der Waals surface area contributed by atoms with E-state index in [1.54, 1.807) is 0 Å². The Balaban J connectivity index is 1.99. The van der Waals surface area contributed by atoms with Gasteiger partial charge in [0.15, 0.2) is 0 Å². The second-order valence-electron chi connectivity index (χ2n) is 6.24. The van der Waals surface area contributed by atoms with E-state index in [1.165, 1.54) is 27.2 Å². The normalized spacial score (nSPS) is 11.5. The lowest BCUT2D eigenvalue weighted by Crippen LogP contribution is -1.95. The van der Waals surface area contributed by atoms with Crippen molar-refractivity contribution < 1.29 is 0 Å². The van der Waals surface area contributed by atoms with Gasteiger partial charge in [-0.15, -0.1) is 0 Å². The van der Waals surface area contributed by atoms with Crippen molar-refractivity contribution in [3.63, 3.8) is 0 Å². The van der Waals surface area contributed by atoms with Gasteiger partial charge in [0.2, 0.25) is 0 Å². The average molecular weight is 308 g/mol. The van der Waals surface area contributed by atoms with E-state index in [2.05, 4.69) is 84.3 Å². The van der Waals surface area contributed by atoms with E-state index in [1.807, 2.05) is 6.07 Å².